The third-order valence-corrected chi connectivity index (χ3v) is 2.96. The lowest BCUT2D eigenvalue weighted by Gasteiger charge is -2.11. The van der Waals surface area contributed by atoms with Crippen molar-refractivity contribution in [3.8, 4) is 11.5 Å². The zero-order valence-corrected chi connectivity index (χ0v) is 12.5. The highest BCUT2D eigenvalue weighted by molar-refractivity contribution is 5.84. The van der Waals surface area contributed by atoms with E-state index >= 15 is 0 Å². The molecule has 128 valence electrons. The molecule has 0 aromatic heterocycles. The number of benzene rings is 2. The van der Waals surface area contributed by atoms with E-state index in [1.54, 1.807) is 6.07 Å². The van der Waals surface area contributed by atoms with Crippen LogP contribution < -0.4 is 14.9 Å². The Morgan fingerprint density at radius 2 is 1.71 bits per heavy atom. The summed E-state index contributed by atoms with van der Waals surface area (Å²) in [6, 6.07) is 10.8. The lowest BCUT2D eigenvalue weighted by molar-refractivity contribution is -0.0543. The molecule has 0 heterocycles. The quantitative estimate of drug-likeness (QED) is 0.453. The molecule has 0 atom stereocenters. The molecular weight excluding hydrogens is 328 g/mol. The largest absolute Gasteiger partial charge is 0.435 e. The maximum absolute atomic E-state index is 12.5. The molecule has 4 nitrogen and oxygen atoms in total. The average Bonchev–Trinajstić information content (AvgIpc) is 2.50. The highest BCUT2D eigenvalue weighted by atomic mass is 19.3. The molecule has 0 spiro atoms. The number of halogens is 4. The number of hydrazone groups is 1. The SMILES string of the molecule is Cc1ccccc1N/N=C\c1ccc(OC(F)F)cc1OC(F)F. The van der Waals surface area contributed by atoms with E-state index in [9.17, 15) is 17.6 Å². The van der Waals surface area contributed by atoms with Crippen LogP contribution in [0, 0.1) is 6.92 Å². The number of hydrogen-bond donors (Lipinski definition) is 1. The van der Waals surface area contributed by atoms with Gasteiger partial charge in [0.15, 0.2) is 0 Å². The number of nitrogens with zero attached hydrogens (tertiary/aromatic N) is 1. The Balaban J connectivity index is 2.18. The lowest BCUT2D eigenvalue weighted by Crippen LogP contribution is -2.07. The summed E-state index contributed by atoms with van der Waals surface area (Å²) in [5, 5.41) is 3.94. The normalized spacial score (nSPS) is 11.3. The molecule has 0 aliphatic rings. The summed E-state index contributed by atoms with van der Waals surface area (Å²) in [7, 11) is 0. The molecule has 8 heteroatoms. The number of ether oxygens (including phenoxy) is 2. The molecule has 2 aromatic rings. The molecule has 24 heavy (non-hydrogen) atoms. The minimum absolute atomic E-state index is 0.179. The zero-order valence-electron chi connectivity index (χ0n) is 12.5. The van der Waals surface area contributed by atoms with Crippen LogP contribution in [-0.2, 0) is 0 Å². The Kier molecular flexibility index (Phi) is 6.00. The third kappa shape index (κ3) is 5.15. The Labute approximate surface area is 135 Å². The number of anilines is 1. The van der Waals surface area contributed by atoms with Crippen molar-refractivity contribution in [2.45, 2.75) is 20.1 Å². The summed E-state index contributed by atoms with van der Waals surface area (Å²) in [6.45, 7) is -4.30. The van der Waals surface area contributed by atoms with Crippen molar-refractivity contribution in [3.63, 3.8) is 0 Å². The van der Waals surface area contributed by atoms with Crippen LogP contribution in [0.1, 0.15) is 11.1 Å². The van der Waals surface area contributed by atoms with E-state index in [0.717, 1.165) is 17.3 Å². The van der Waals surface area contributed by atoms with E-state index in [2.05, 4.69) is 20.0 Å². The van der Waals surface area contributed by atoms with Gasteiger partial charge in [0.05, 0.1) is 11.9 Å². The summed E-state index contributed by atoms with van der Waals surface area (Å²) in [5.41, 5.74) is 4.63. The number of rotatable bonds is 7. The van der Waals surface area contributed by atoms with Crippen molar-refractivity contribution in [2.75, 3.05) is 5.43 Å². The van der Waals surface area contributed by atoms with E-state index in [0.29, 0.717) is 0 Å². The maximum atomic E-state index is 12.5. The van der Waals surface area contributed by atoms with Crippen LogP contribution in [0.25, 0.3) is 0 Å². The number of nitrogens with one attached hydrogen (secondary N) is 1. The summed E-state index contributed by atoms with van der Waals surface area (Å²) in [4.78, 5) is 0. The van der Waals surface area contributed by atoms with Gasteiger partial charge in [-0.15, -0.1) is 0 Å². The summed E-state index contributed by atoms with van der Waals surface area (Å²) in [5.74, 6) is -0.608. The Bertz CT molecular complexity index is 708. The minimum Gasteiger partial charge on any atom is -0.435 e. The number of alkyl halides is 4. The Hall–Kier alpha value is -2.77. The van der Waals surface area contributed by atoms with Gasteiger partial charge < -0.3 is 9.47 Å². The van der Waals surface area contributed by atoms with Gasteiger partial charge in [0.2, 0.25) is 0 Å². The monoisotopic (exact) mass is 342 g/mol. The predicted molar refractivity (Wildman–Crippen MR) is 82.1 cm³/mol. The fourth-order valence-electron chi connectivity index (χ4n) is 1.87. The van der Waals surface area contributed by atoms with Crippen LogP contribution in [0.15, 0.2) is 47.6 Å². The number of aryl methyl sites for hydroxylation is 1. The van der Waals surface area contributed by atoms with Crippen LogP contribution in [0.2, 0.25) is 0 Å². The van der Waals surface area contributed by atoms with Crippen molar-refractivity contribution in [3.05, 3.63) is 53.6 Å². The van der Waals surface area contributed by atoms with E-state index in [4.69, 9.17) is 0 Å². The van der Waals surface area contributed by atoms with Crippen LogP contribution >= 0.6 is 0 Å². The summed E-state index contributed by atoms with van der Waals surface area (Å²) in [6.07, 6.45) is 1.25. The maximum Gasteiger partial charge on any atom is 0.387 e. The van der Waals surface area contributed by atoms with Crippen LogP contribution in [0.5, 0.6) is 11.5 Å². The first-order chi connectivity index (χ1) is 11.5. The highest BCUT2D eigenvalue weighted by Crippen LogP contribution is 2.26. The standard InChI is InChI=1S/C16H14F4N2O2/c1-10-4-2-3-5-13(10)22-21-9-11-6-7-12(23-15(17)18)8-14(11)24-16(19)20/h2-9,15-16,22H,1H3/b21-9-. The molecule has 0 amide bonds. The van der Waals surface area contributed by atoms with Gasteiger partial charge in [-0.1, -0.05) is 18.2 Å². The zero-order chi connectivity index (χ0) is 17.5. The molecular formula is C16H14F4N2O2. The number of hydrogen-bond acceptors (Lipinski definition) is 4. The van der Waals surface area contributed by atoms with Gasteiger partial charge in [-0.25, -0.2) is 0 Å². The van der Waals surface area contributed by atoms with Crippen molar-refractivity contribution in [2.24, 2.45) is 5.10 Å². The molecule has 0 aliphatic heterocycles. The molecule has 0 unspecified atom stereocenters. The molecule has 0 aliphatic carbocycles. The molecule has 0 bridgehead atoms. The van der Waals surface area contributed by atoms with E-state index in [1.807, 2.05) is 25.1 Å². The smallest absolute Gasteiger partial charge is 0.387 e. The van der Waals surface area contributed by atoms with Gasteiger partial charge >= 0.3 is 13.2 Å². The van der Waals surface area contributed by atoms with Crippen LogP contribution in [0.4, 0.5) is 23.2 Å². The average molecular weight is 342 g/mol. The first-order valence-electron chi connectivity index (χ1n) is 6.84. The second-order valence-electron chi connectivity index (χ2n) is 4.64. The molecule has 2 rings (SSSR count). The molecule has 0 saturated carbocycles. The summed E-state index contributed by atoms with van der Waals surface area (Å²) >= 11 is 0. The fourth-order valence-corrected chi connectivity index (χ4v) is 1.87. The van der Waals surface area contributed by atoms with E-state index < -0.39 is 13.2 Å². The Morgan fingerprint density at radius 1 is 1.00 bits per heavy atom. The molecule has 2 aromatic carbocycles. The van der Waals surface area contributed by atoms with Crippen LogP contribution in [-0.4, -0.2) is 19.4 Å². The second kappa shape index (κ2) is 8.19. The van der Waals surface area contributed by atoms with Crippen LogP contribution in [0.3, 0.4) is 0 Å². The van der Waals surface area contributed by atoms with Gasteiger partial charge in [-0.05, 0) is 30.7 Å². The van der Waals surface area contributed by atoms with Gasteiger partial charge in [0.25, 0.3) is 0 Å². The van der Waals surface area contributed by atoms with Crippen molar-refractivity contribution in [1.82, 2.24) is 0 Å². The molecule has 0 radical (unpaired) electrons. The third-order valence-electron chi connectivity index (χ3n) is 2.96. The van der Waals surface area contributed by atoms with Gasteiger partial charge in [0, 0.05) is 11.6 Å². The molecule has 1 N–H and O–H groups in total. The van der Waals surface area contributed by atoms with Gasteiger partial charge in [-0.2, -0.15) is 22.7 Å². The topological polar surface area (TPSA) is 42.9 Å². The predicted octanol–water partition coefficient (Wildman–Crippen LogP) is 4.64. The first kappa shape index (κ1) is 17.6. The lowest BCUT2D eigenvalue weighted by atomic mass is 10.2. The molecule has 0 saturated heterocycles. The van der Waals surface area contributed by atoms with Crippen molar-refractivity contribution < 1.29 is 27.0 Å². The van der Waals surface area contributed by atoms with Crippen molar-refractivity contribution >= 4 is 11.9 Å². The van der Waals surface area contributed by atoms with E-state index in [1.165, 1.54) is 18.3 Å². The Morgan fingerprint density at radius 3 is 2.38 bits per heavy atom. The summed E-state index contributed by atoms with van der Waals surface area (Å²) < 4.78 is 57.8. The van der Waals surface area contributed by atoms with Gasteiger partial charge in [0.1, 0.15) is 11.5 Å². The second-order valence-corrected chi connectivity index (χ2v) is 4.64. The van der Waals surface area contributed by atoms with Gasteiger partial charge in [-0.3, -0.25) is 5.43 Å². The number of para-hydroxylation sites is 1. The minimum atomic E-state index is -3.11. The van der Waals surface area contributed by atoms with Crippen molar-refractivity contribution in [1.29, 1.82) is 0 Å². The highest BCUT2D eigenvalue weighted by Gasteiger charge is 2.12. The van der Waals surface area contributed by atoms with E-state index in [-0.39, 0.29) is 17.1 Å². The first-order valence-corrected chi connectivity index (χ1v) is 6.84. The fraction of sp³-hybridized carbons (Fsp3) is 0.188. The molecule has 0 fully saturated rings.